The molecule has 1 N–H and O–H groups in total. The number of amides is 2. The van der Waals surface area contributed by atoms with Crippen molar-refractivity contribution in [3.63, 3.8) is 0 Å². The fourth-order valence-corrected chi connectivity index (χ4v) is 2.64. The van der Waals surface area contributed by atoms with E-state index in [0.29, 0.717) is 6.42 Å². The number of hydrogen-bond acceptors (Lipinski definition) is 3. The van der Waals surface area contributed by atoms with Gasteiger partial charge in [-0.1, -0.05) is 19.1 Å². The number of para-hydroxylation sites is 1. The van der Waals surface area contributed by atoms with Crippen LogP contribution >= 0.6 is 0 Å². The summed E-state index contributed by atoms with van der Waals surface area (Å²) in [7, 11) is 0. The summed E-state index contributed by atoms with van der Waals surface area (Å²) < 4.78 is 39.3. The smallest absolute Gasteiger partial charge is 0.272 e. The molecule has 120 valence electrons. The number of anilines is 1. The largest absolute Gasteiger partial charge is 0.418 e. The fourth-order valence-electron chi connectivity index (χ4n) is 2.64. The van der Waals surface area contributed by atoms with Gasteiger partial charge < -0.3 is 0 Å². The molecular formula is C15H12F3N3O2. The van der Waals surface area contributed by atoms with E-state index in [2.05, 4.69) is 10.4 Å². The molecule has 2 heterocycles. The molecule has 1 aliphatic heterocycles. The van der Waals surface area contributed by atoms with E-state index >= 15 is 0 Å². The van der Waals surface area contributed by atoms with Gasteiger partial charge in [-0.15, -0.1) is 0 Å². The van der Waals surface area contributed by atoms with Crippen molar-refractivity contribution in [2.75, 3.05) is 5.01 Å². The van der Waals surface area contributed by atoms with Gasteiger partial charge in [0.2, 0.25) is 0 Å². The first kappa shape index (κ1) is 15.3. The van der Waals surface area contributed by atoms with Gasteiger partial charge in [0.05, 0.1) is 16.8 Å². The first-order valence-corrected chi connectivity index (χ1v) is 6.94. The van der Waals surface area contributed by atoms with Crippen LogP contribution < -0.4 is 10.4 Å². The predicted molar refractivity (Wildman–Crippen MR) is 76.2 cm³/mol. The maximum Gasteiger partial charge on any atom is 0.418 e. The number of alkyl halides is 3. The Kier molecular flexibility index (Phi) is 3.46. The SMILES string of the molecule is CCC1C(=O)NN(c2ccnc3c(C(F)(F)F)cccc23)C1=O. The summed E-state index contributed by atoms with van der Waals surface area (Å²) in [5.74, 6) is -1.78. The third-order valence-corrected chi connectivity index (χ3v) is 3.76. The van der Waals surface area contributed by atoms with Gasteiger partial charge in [-0.2, -0.15) is 13.2 Å². The van der Waals surface area contributed by atoms with Gasteiger partial charge in [0.15, 0.2) is 0 Å². The van der Waals surface area contributed by atoms with Crippen LogP contribution in [0.1, 0.15) is 18.9 Å². The maximum atomic E-state index is 13.1. The minimum Gasteiger partial charge on any atom is -0.272 e. The summed E-state index contributed by atoms with van der Waals surface area (Å²) in [5, 5.41) is 1.15. The van der Waals surface area contributed by atoms with Gasteiger partial charge in [-0.25, -0.2) is 5.01 Å². The monoisotopic (exact) mass is 323 g/mol. The molecular weight excluding hydrogens is 311 g/mol. The third kappa shape index (κ3) is 2.39. The van der Waals surface area contributed by atoms with Crippen molar-refractivity contribution in [1.29, 1.82) is 0 Å². The normalized spacial score (nSPS) is 18.6. The summed E-state index contributed by atoms with van der Waals surface area (Å²) in [6.07, 6.45) is -3.06. The lowest BCUT2D eigenvalue weighted by atomic mass is 10.1. The van der Waals surface area contributed by atoms with Crippen LogP contribution in [0.25, 0.3) is 10.9 Å². The second-order valence-electron chi connectivity index (χ2n) is 5.14. The second-order valence-corrected chi connectivity index (χ2v) is 5.14. The van der Waals surface area contributed by atoms with E-state index in [-0.39, 0.29) is 16.6 Å². The molecule has 1 saturated heterocycles. The van der Waals surface area contributed by atoms with Crippen molar-refractivity contribution in [3.8, 4) is 0 Å². The Morgan fingerprint density at radius 1 is 1.26 bits per heavy atom. The van der Waals surface area contributed by atoms with Gasteiger partial charge in [-0.05, 0) is 18.6 Å². The van der Waals surface area contributed by atoms with Crippen LogP contribution in [0.5, 0.6) is 0 Å². The fraction of sp³-hybridized carbons (Fsp3) is 0.267. The lowest BCUT2D eigenvalue weighted by molar-refractivity contribution is -0.136. The molecule has 1 aliphatic rings. The maximum absolute atomic E-state index is 13.1. The molecule has 3 rings (SSSR count). The lowest BCUT2D eigenvalue weighted by Gasteiger charge is -2.18. The van der Waals surface area contributed by atoms with Crippen LogP contribution in [0.15, 0.2) is 30.5 Å². The number of hydrazine groups is 1. The van der Waals surface area contributed by atoms with Gasteiger partial charge in [0.1, 0.15) is 5.92 Å². The van der Waals surface area contributed by atoms with Crippen LogP contribution in [-0.2, 0) is 15.8 Å². The Balaban J connectivity index is 2.17. The van der Waals surface area contributed by atoms with Crippen LogP contribution in [0.3, 0.4) is 0 Å². The summed E-state index contributed by atoms with van der Waals surface area (Å²) >= 11 is 0. The molecule has 0 aliphatic carbocycles. The minimum atomic E-state index is -4.56. The summed E-state index contributed by atoms with van der Waals surface area (Å²) in [6, 6.07) is 5.01. The molecule has 0 radical (unpaired) electrons. The number of pyridine rings is 1. The number of nitrogens with zero attached hydrogens (tertiary/aromatic N) is 2. The molecule has 1 unspecified atom stereocenters. The Hall–Kier alpha value is -2.64. The average molecular weight is 323 g/mol. The standard InChI is InChI=1S/C15H12F3N3O2/c1-2-8-13(22)20-21(14(8)23)11-6-7-19-12-9(11)4-3-5-10(12)15(16,17)18/h3-8H,2H2,1H3,(H,20,22). The number of aromatic nitrogens is 1. The molecule has 5 nitrogen and oxygen atoms in total. The molecule has 0 bridgehead atoms. The molecule has 23 heavy (non-hydrogen) atoms. The van der Waals surface area contributed by atoms with Crippen molar-refractivity contribution in [2.24, 2.45) is 5.92 Å². The number of nitrogens with one attached hydrogen (secondary N) is 1. The van der Waals surface area contributed by atoms with Crippen molar-refractivity contribution in [1.82, 2.24) is 10.4 Å². The summed E-state index contributed by atoms with van der Waals surface area (Å²) in [4.78, 5) is 27.9. The topological polar surface area (TPSA) is 62.3 Å². The van der Waals surface area contributed by atoms with Crippen LogP contribution in [0.4, 0.5) is 18.9 Å². The van der Waals surface area contributed by atoms with E-state index in [9.17, 15) is 22.8 Å². The van der Waals surface area contributed by atoms with Crippen LogP contribution in [0.2, 0.25) is 0 Å². The number of hydrogen-bond donors (Lipinski definition) is 1. The van der Waals surface area contributed by atoms with Crippen molar-refractivity contribution in [3.05, 3.63) is 36.0 Å². The molecule has 1 aromatic carbocycles. The molecule has 1 fully saturated rings. The zero-order valence-electron chi connectivity index (χ0n) is 12.0. The highest BCUT2D eigenvalue weighted by atomic mass is 19.4. The minimum absolute atomic E-state index is 0.146. The number of fused-ring (bicyclic) bond motifs is 1. The third-order valence-electron chi connectivity index (χ3n) is 3.76. The summed E-state index contributed by atoms with van der Waals surface area (Å²) in [5.41, 5.74) is 1.43. The second kappa shape index (κ2) is 5.22. The molecule has 0 spiro atoms. The van der Waals surface area contributed by atoms with E-state index in [4.69, 9.17) is 0 Å². The molecule has 0 saturated carbocycles. The number of halogens is 3. The van der Waals surface area contributed by atoms with Crippen LogP contribution in [-0.4, -0.2) is 16.8 Å². The Morgan fingerprint density at radius 2 is 2.00 bits per heavy atom. The molecule has 1 atom stereocenters. The van der Waals surface area contributed by atoms with E-state index in [0.717, 1.165) is 11.1 Å². The number of rotatable bonds is 2. The van der Waals surface area contributed by atoms with Gasteiger partial charge >= 0.3 is 6.18 Å². The highest BCUT2D eigenvalue weighted by Gasteiger charge is 2.40. The number of benzene rings is 1. The molecule has 8 heteroatoms. The molecule has 2 amide bonds. The first-order valence-electron chi connectivity index (χ1n) is 6.94. The Morgan fingerprint density at radius 3 is 2.61 bits per heavy atom. The average Bonchev–Trinajstić information content (AvgIpc) is 2.79. The number of carbonyl (C=O) groups excluding carboxylic acids is 2. The highest BCUT2D eigenvalue weighted by Crippen LogP contribution is 2.37. The van der Waals surface area contributed by atoms with Crippen LogP contribution in [0, 0.1) is 5.92 Å². The Bertz CT molecular complexity index is 804. The predicted octanol–water partition coefficient (Wildman–Crippen LogP) is 2.66. The lowest BCUT2D eigenvalue weighted by Crippen LogP contribution is -2.36. The van der Waals surface area contributed by atoms with E-state index < -0.39 is 29.5 Å². The highest BCUT2D eigenvalue weighted by molar-refractivity contribution is 6.16. The van der Waals surface area contributed by atoms with Gasteiger partial charge in [0.25, 0.3) is 11.8 Å². The zero-order valence-corrected chi connectivity index (χ0v) is 12.0. The number of carbonyl (C=O) groups is 2. The van der Waals surface area contributed by atoms with Crippen molar-refractivity contribution >= 4 is 28.4 Å². The first-order chi connectivity index (χ1) is 10.8. The Labute approximate surface area is 129 Å². The van der Waals surface area contributed by atoms with Gasteiger partial charge in [-0.3, -0.25) is 20.0 Å². The zero-order chi connectivity index (χ0) is 16.8. The molecule has 2 aromatic rings. The van der Waals surface area contributed by atoms with E-state index in [1.165, 1.54) is 24.4 Å². The quantitative estimate of drug-likeness (QED) is 0.864. The van der Waals surface area contributed by atoms with Gasteiger partial charge in [0, 0.05) is 11.6 Å². The van der Waals surface area contributed by atoms with E-state index in [1.54, 1.807) is 6.92 Å². The van der Waals surface area contributed by atoms with Crippen molar-refractivity contribution in [2.45, 2.75) is 19.5 Å². The molecule has 1 aromatic heterocycles. The van der Waals surface area contributed by atoms with Crippen molar-refractivity contribution < 1.29 is 22.8 Å². The summed E-state index contributed by atoms with van der Waals surface area (Å²) in [6.45, 7) is 1.69. The van der Waals surface area contributed by atoms with E-state index in [1.807, 2.05) is 0 Å².